The van der Waals surface area contributed by atoms with Crippen molar-refractivity contribution in [1.82, 2.24) is 14.7 Å². The van der Waals surface area contributed by atoms with Crippen LogP contribution in [0, 0.1) is 5.41 Å². The van der Waals surface area contributed by atoms with Gasteiger partial charge in [0.2, 0.25) is 0 Å². The zero-order chi connectivity index (χ0) is 13.4. The second-order valence-corrected chi connectivity index (χ2v) is 7.28. The normalized spacial score (nSPS) is 23.4. The molecule has 6 heteroatoms. The molecule has 1 aromatic rings. The molecule has 0 aromatic carbocycles. The minimum absolute atomic E-state index is 0.0101. The highest BCUT2D eigenvalue weighted by Crippen LogP contribution is 2.37. The maximum Gasteiger partial charge on any atom is 0.257 e. The summed E-state index contributed by atoms with van der Waals surface area (Å²) >= 11 is 0. The van der Waals surface area contributed by atoms with Crippen LogP contribution in [0.2, 0.25) is 0 Å². The third-order valence-electron chi connectivity index (χ3n) is 3.78. The van der Waals surface area contributed by atoms with Crippen molar-refractivity contribution in [3.05, 3.63) is 12.0 Å². The molecule has 1 fully saturated rings. The van der Waals surface area contributed by atoms with Gasteiger partial charge in [-0.15, -0.1) is 0 Å². The lowest BCUT2D eigenvalue weighted by molar-refractivity contribution is 0.312. The van der Waals surface area contributed by atoms with Gasteiger partial charge in [0.1, 0.15) is 5.82 Å². The summed E-state index contributed by atoms with van der Waals surface area (Å²) in [4.78, 5) is 6.88. The van der Waals surface area contributed by atoms with E-state index in [0.717, 1.165) is 19.3 Å². The molecule has 2 N–H and O–H groups in total. The van der Waals surface area contributed by atoms with Gasteiger partial charge < -0.3 is 4.98 Å². The van der Waals surface area contributed by atoms with Gasteiger partial charge in [0.05, 0.1) is 6.20 Å². The molecule has 1 unspecified atom stereocenters. The number of imidazole rings is 1. The Morgan fingerprint density at radius 2 is 2.28 bits per heavy atom. The molecular formula is C12H21N3O2S. The summed E-state index contributed by atoms with van der Waals surface area (Å²) in [5.41, 5.74) is 0.0285. The number of nitrogens with zero attached hydrogens (tertiary/aromatic N) is 1. The Kier molecular flexibility index (Phi) is 3.51. The quantitative estimate of drug-likeness (QED) is 0.877. The SMILES string of the molecule is CCc1ncc(S(=O)(=O)NC2CCCC2(C)C)[nH]1. The number of aromatic amines is 1. The van der Waals surface area contributed by atoms with E-state index < -0.39 is 10.0 Å². The summed E-state index contributed by atoms with van der Waals surface area (Å²) in [6.07, 6.45) is 5.13. The summed E-state index contributed by atoms with van der Waals surface area (Å²) in [5.74, 6) is 0.695. The molecule has 1 aromatic heterocycles. The fourth-order valence-corrected chi connectivity index (χ4v) is 3.84. The largest absolute Gasteiger partial charge is 0.332 e. The Morgan fingerprint density at radius 3 is 2.78 bits per heavy atom. The van der Waals surface area contributed by atoms with Crippen LogP contribution in [0.15, 0.2) is 11.2 Å². The first-order valence-corrected chi connectivity index (χ1v) is 7.90. The lowest BCUT2D eigenvalue weighted by Crippen LogP contribution is -2.41. The summed E-state index contributed by atoms with van der Waals surface area (Å²) < 4.78 is 27.2. The van der Waals surface area contributed by atoms with E-state index in [0.29, 0.717) is 12.2 Å². The second kappa shape index (κ2) is 4.66. The molecular weight excluding hydrogens is 250 g/mol. The molecule has 1 aliphatic carbocycles. The highest BCUT2D eigenvalue weighted by Gasteiger charge is 2.37. The van der Waals surface area contributed by atoms with Crippen LogP contribution in [0.1, 0.15) is 45.9 Å². The Labute approximate surface area is 108 Å². The lowest BCUT2D eigenvalue weighted by atomic mass is 9.88. The molecule has 1 saturated carbocycles. The maximum absolute atomic E-state index is 12.2. The molecule has 0 saturated heterocycles. The Bertz CT molecular complexity index is 519. The van der Waals surface area contributed by atoms with Crippen LogP contribution in [-0.4, -0.2) is 24.4 Å². The van der Waals surface area contributed by atoms with Gasteiger partial charge in [0.25, 0.3) is 10.0 Å². The van der Waals surface area contributed by atoms with Crippen molar-refractivity contribution in [3.8, 4) is 0 Å². The predicted octanol–water partition coefficient (Wildman–Crippen LogP) is 1.83. The van der Waals surface area contributed by atoms with Gasteiger partial charge in [0.15, 0.2) is 5.03 Å². The molecule has 5 nitrogen and oxygen atoms in total. The molecule has 1 atom stereocenters. The Hall–Kier alpha value is -0.880. The van der Waals surface area contributed by atoms with E-state index in [-0.39, 0.29) is 16.5 Å². The third kappa shape index (κ3) is 2.59. The van der Waals surface area contributed by atoms with Gasteiger partial charge in [0, 0.05) is 12.5 Å². The van der Waals surface area contributed by atoms with Crippen LogP contribution in [-0.2, 0) is 16.4 Å². The third-order valence-corrected chi connectivity index (χ3v) is 5.17. The standard InChI is InChI=1S/C12H21N3O2S/c1-4-10-13-8-11(14-10)18(16,17)15-9-6-5-7-12(9,2)3/h8-9,15H,4-7H2,1-3H3,(H,13,14). The van der Waals surface area contributed by atoms with E-state index in [9.17, 15) is 8.42 Å². The van der Waals surface area contributed by atoms with Crippen molar-refractivity contribution in [3.63, 3.8) is 0 Å². The monoisotopic (exact) mass is 271 g/mol. The van der Waals surface area contributed by atoms with Crippen molar-refractivity contribution >= 4 is 10.0 Å². The average Bonchev–Trinajstić information content (AvgIpc) is 2.86. The van der Waals surface area contributed by atoms with E-state index in [4.69, 9.17) is 0 Å². The van der Waals surface area contributed by atoms with Gasteiger partial charge in [-0.25, -0.2) is 18.1 Å². The van der Waals surface area contributed by atoms with E-state index >= 15 is 0 Å². The molecule has 1 heterocycles. The van der Waals surface area contributed by atoms with Crippen molar-refractivity contribution in [2.75, 3.05) is 0 Å². The summed E-state index contributed by atoms with van der Waals surface area (Å²) in [6, 6.07) is 0.0101. The van der Waals surface area contributed by atoms with Crippen LogP contribution in [0.5, 0.6) is 0 Å². The van der Waals surface area contributed by atoms with Gasteiger partial charge in [-0.05, 0) is 18.3 Å². The summed E-state index contributed by atoms with van der Waals surface area (Å²) in [7, 11) is -3.47. The zero-order valence-electron chi connectivity index (χ0n) is 11.2. The number of nitrogens with one attached hydrogen (secondary N) is 2. The van der Waals surface area contributed by atoms with E-state index in [1.165, 1.54) is 6.20 Å². The van der Waals surface area contributed by atoms with Crippen molar-refractivity contribution in [1.29, 1.82) is 0 Å². The van der Waals surface area contributed by atoms with Crippen molar-refractivity contribution in [2.45, 2.75) is 57.5 Å². The predicted molar refractivity (Wildman–Crippen MR) is 69.7 cm³/mol. The van der Waals surface area contributed by atoms with Gasteiger partial charge >= 0.3 is 0 Å². The fourth-order valence-electron chi connectivity index (χ4n) is 2.46. The molecule has 102 valence electrons. The highest BCUT2D eigenvalue weighted by molar-refractivity contribution is 7.89. The molecule has 0 bridgehead atoms. The molecule has 0 aliphatic heterocycles. The Morgan fingerprint density at radius 1 is 1.56 bits per heavy atom. The van der Waals surface area contributed by atoms with Crippen LogP contribution in [0.25, 0.3) is 0 Å². The average molecular weight is 271 g/mol. The fraction of sp³-hybridized carbons (Fsp3) is 0.750. The van der Waals surface area contributed by atoms with Crippen LogP contribution in [0.4, 0.5) is 0 Å². The van der Waals surface area contributed by atoms with Gasteiger partial charge in [-0.2, -0.15) is 0 Å². The molecule has 0 amide bonds. The number of rotatable bonds is 4. The number of aromatic nitrogens is 2. The molecule has 0 spiro atoms. The molecule has 0 radical (unpaired) electrons. The minimum Gasteiger partial charge on any atom is -0.332 e. The number of hydrogen-bond acceptors (Lipinski definition) is 3. The first-order chi connectivity index (χ1) is 8.35. The second-order valence-electron chi connectivity index (χ2n) is 5.60. The first-order valence-electron chi connectivity index (χ1n) is 6.41. The zero-order valence-corrected chi connectivity index (χ0v) is 12.0. The molecule has 1 aliphatic rings. The molecule has 18 heavy (non-hydrogen) atoms. The Balaban J connectivity index is 2.17. The number of hydrogen-bond donors (Lipinski definition) is 2. The summed E-state index contributed by atoms with van der Waals surface area (Å²) in [6.45, 7) is 6.15. The number of sulfonamides is 1. The van der Waals surface area contributed by atoms with E-state index in [2.05, 4.69) is 28.5 Å². The van der Waals surface area contributed by atoms with E-state index in [1.54, 1.807) is 0 Å². The smallest absolute Gasteiger partial charge is 0.257 e. The first kappa shape index (κ1) is 13.5. The topological polar surface area (TPSA) is 74.8 Å². The number of H-pyrrole nitrogens is 1. The minimum atomic E-state index is -3.47. The highest BCUT2D eigenvalue weighted by atomic mass is 32.2. The van der Waals surface area contributed by atoms with Crippen LogP contribution in [0.3, 0.4) is 0 Å². The number of aryl methyl sites for hydroxylation is 1. The lowest BCUT2D eigenvalue weighted by Gasteiger charge is -2.27. The molecule has 2 rings (SSSR count). The summed E-state index contributed by atoms with van der Waals surface area (Å²) in [5, 5.41) is 0.169. The van der Waals surface area contributed by atoms with Gasteiger partial charge in [-0.3, -0.25) is 0 Å². The van der Waals surface area contributed by atoms with Crippen LogP contribution < -0.4 is 4.72 Å². The van der Waals surface area contributed by atoms with Crippen molar-refractivity contribution in [2.24, 2.45) is 5.41 Å². The van der Waals surface area contributed by atoms with Gasteiger partial charge in [-0.1, -0.05) is 27.2 Å². The maximum atomic E-state index is 12.2. The van der Waals surface area contributed by atoms with E-state index in [1.807, 2.05) is 6.92 Å². The van der Waals surface area contributed by atoms with Crippen LogP contribution >= 0.6 is 0 Å². The van der Waals surface area contributed by atoms with Crippen molar-refractivity contribution < 1.29 is 8.42 Å².